The van der Waals surface area contributed by atoms with Gasteiger partial charge in [-0.05, 0) is 45.0 Å². The van der Waals surface area contributed by atoms with Gasteiger partial charge in [0.05, 0.1) is 6.07 Å². The van der Waals surface area contributed by atoms with Crippen molar-refractivity contribution in [1.29, 1.82) is 5.26 Å². The highest BCUT2D eigenvalue weighted by Gasteiger charge is 2.25. The number of nitrogens with one attached hydrogen (secondary N) is 1. The molecule has 134 valence electrons. The molecule has 0 bridgehead atoms. The van der Waals surface area contributed by atoms with Gasteiger partial charge >= 0.3 is 6.09 Å². The molecular formula is C18H24N4O3. The minimum absolute atomic E-state index is 0.158. The quantitative estimate of drug-likeness (QED) is 0.911. The molecule has 1 saturated heterocycles. The monoisotopic (exact) mass is 344 g/mol. The van der Waals surface area contributed by atoms with Crippen LogP contribution in [0.3, 0.4) is 0 Å². The van der Waals surface area contributed by atoms with E-state index < -0.39 is 5.60 Å². The normalized spacial score (nSPS) is 14.6. The Morgan fingerprint density at radius 2 is 1.76 bits per heavy atom. The third-order valence-electron chi connectivity index (χ3n) is 3.69. The Kier molecular flexibility index (Phi) is 5.86. The second kappa shape index (κ2) is 7.88. The number of carbonyl (C=O) groups excluding carboxylic acids is 2. The molecule has 0 unspecified atom stereocenters. The van der Waals surface area contributed by atoms with Gasteiger partial charge in [0, 0.05) is 37.6 Å². The highest BCUT2D eigenvalue weighted by Crippen LogP contribution is 2.20. The number of carbonyl (C=O) groups is 2. The molecule has 1 fully saturated rings. The van der Waals surface area contributed by atoms with Gasteiger partial charge in [0.25, 0.3) is 0 Å². The van der Waals surface area contributed by atoms with Crippen LogP contribution in [0.25, 0.3) is 0 Å². The largest absolute Gasteiger partial charge is 0.444 e. The minimum Gasteiger partial charge on any atom is -0.444 e. The van der Waals surface area contributed by atoms with Gasteiger partial charge in [0.15, 0.2) is 0 Å². The van der Waals surface area contributed by atoms with E-state index in [1.165, 1.54) is 0 Å². The van der Waals surface area contributed by atoms with Crippen molar-refractivity contribution in [3.05, 3.63) is 24.3 Å². The summed E-state index contributed by atoms with van der Waals surface area (Å²) in [6, 6.07) is 9.28. The van der Waals surface area contributed by atoms with Gasteiger partial charge < -0.3 is 19.9 Å². The molecule has 1 aromatic rings. The van der Waals surface area contributed by atoms with Crippen molar-refractivity contribution in [2.45, 2.75) is 32.8 Å². The molecular weight excluding hydrogens is 320 g/mol. The lowest BCUT2D eigenvalue weighted by molar-refractivity contribution is -0.115. The van der Waals surface area contributed by atoms with Crippen LogP contribution in [-0.4, -0.2) is 48.7 Å². The maximum Gasteiger partial charge on any atom is 0.410 e. The predicted octanol–water partition coefficient (Wildman–Crippen LogP) is 2.60. The lowest BCUT2D eigenvalue weighted by Gasteiger charge is -2.36. The Balaban J connectivity index is 1.87. The summed E-state index contributed by atoms with van der Waals surface area (Å²) in [6.45, 7) is 8.23. The molecule has 0 saturated carbocycles. The van der Waals surface area contributed by atoms with E-state index in [-0.39, 0.29) is 18.4 Å². The maximum absolute atomic E-state index is 12.1. The van der Waals surface area contributed by atoms with Crippen LogP contribution in [0.1, 0.15) is 27.2 Å². The van der Waals surface area contributed by atoms with Crippen molar-refractivity contribution in [3.8, 4) is 6.07 Å². The summed E-state index contributed by atoms with van der Waals surface area (Å²) >= 11 is 0. The Bertz CT molecular complexity index is 650. The number of rotatable bonds is 3. The van der Waals surface area contributed by atoms with E-state index >= 15 is 0 Å². The molecule has 0 atom stereocenters. The molecule has 0 spiro atoms. The zero-order valence-electron chi connectivity index (χ0n) is 14.9. The molecule has 7 nitrogen and oxygen atoms in total. The van der Waals surface area contributed by atoms with Crippen molar-refractivity contribution in [1.82, 2.24) is 4.90 Å². The van der Waals surface area contributed by atoms with Gasteiger partial charge in [-0.2, -0.15) is 5.26 Å². The fraction of sp³-hybridized carbons (Fsp3) is 0.500. The van der Waals surface area contributed by atoms with Crippen LogP contribution in [0.15, 0.2) is 24.3 Å². The number of nitrogens with zero attached hydrogens (tertiary/aromatic N) is 3. The summed E-state index contributed by atoms with van der Waals surface area (Å²) < 4.78 is 5.40. The topological polar surface area (TPSA) is 85.7 Å². The first-order chi connectivity index (χ1) is 11.8. The average Bonchev–Trinajstić information content (AvgIpc) is 2.54. The molecule has 0 aliphatic carbocycles. The van der Waals surface area contributed by atoms with Crippen LogP contribution >= 0.6 is 0 Å². The average molecular weight is 344 g/mol. The summed E-state index contributed by atoms with van der Waals surface area (Å²) in [4.78, 5) is 27.4. The van der Waals surface area contributed by atoms with Gasteiger partial charge in [-0.15, -0.1) is 0 Å². The van der Waals surface area contributed by atoms with Gasteiger partial charge in [0.2, 0.25) is 5.91 Å². The Morgan fingerprint density at radius 1 is 1.16 bits per heavy atom. The first-order valence-electron chi connectivity index (χ1n) is 8.28. The third kappa shape index (κ3) is 5.68. The summed E-state index contributed by atoms with van der Waals surface area (Å²) in [7, 11) is 0. The Morgan fingerprint density at radius 3 is 2.28 bits per heavy atom. The second-order valence-electron chi connectivity index (χ2n) is 6.88. The molecule has 1 aliphatic heterocycles. The maximum atomic E-state index is 12.1. The molecule has 7 heteroatoms. The standard InChI is InChI=1S/C18H24N4O3/c1-18(2,3)25-17(24)22-12-10-21(11-13-22)15-6-4-14(5-7-15)20-16(23)8-9-19/h4-7H,8,10-13H2,1-3H3,(H,20,23). The van der Waals surface area contributed by atoms with E-state index in [1.807, 2.05) is 51.1 Å². The van der Waals surface area contributed by atoms with Gasteiger partial charge in [-0.1, -0.05) is 0 Å². The van der Waals surface area contributed by atoms with E-state index in [1.54, 1.807) is 4.90 Å². The number of amides is 2. The molecule has 1 N–H and O–H groups in total. The SMILES string of the molecule is CC(C)(C)OC(=O)N1CCN(c2ccc(NC(=O)CC#N)cc2)CC1. The zero-order chi connectivity index (χ0) is 18.4. The number of ether oxygens (including phenoxy) is 1. The van der Waals surface area contributed by atoms with Crippen LogP contribution in [0, 0.1) is 11.3 Å². The van der Waals surface area contributed by atoms with Crippen molar-refractivity contribution >= 4 is 23.4 Å². The van der Waals surface area contributed by atoms with Crippen LogP contribution in [0.4, 0.5) is 16.2 Å². The second-order valence-corrected chi connectivity index (χ2v) is 6.88. The molecule has 0 radical (unpaired) electrons. The number of piperazine rings is 1. The Hall–Kier alpha value is -2.75. The zero-order valence-corrected chi connectivity index (χ0v) is 14.9. The Labute approximate surface area is 148 Å². The van der Waals surface area contributed by atoms with Crippen LogP contribution in [-0.2, 0) is 9.53 Å². The number of anilines is 2. The van der Waals surface area contributed by atoms with Gasteiger partial charge in [-0.25, -0.2) is 4.79 Å². The molecule has 1 aliphatic rings. The van der Waals surface area contributed by atoms with E-state index in [4.69, 9.17) is 10.00 Å². The number of hydrogen-bond acceptors (Lipinski definition) is 5. The summed E-state index contributed by atoms with van der Waals surface area (Å²) in [6.07, 6.45) is -0.434. The van der Waals surface area contributed by atoms with E-state index in [0.717, 1.165) is 18.8 Å². The highest BCUT2D eigenvalue weighted by molar-refractivity contribution is 5.92. The fourth-order valence-electron chi connectivity index (χ4n) is 2.51. The molecule has 1 heterocycles. The van der Waals surface area contributed by atoms with Gasteiger partial charge in [0.1, 0.15) is 12.0 Å². The molecule has 1 aromatic carbocycles. The summed E-state index contributed by atoms with van der Waals surface area (Å²) in [5, 5.41) is 11.2. The van der Waals surface area contributed by atoms with Crippen molar-refractivity contribution < 1.29 is 14.3 Å². The molecule has 2 rings (SSSR count). The number of benzene rings is 1. The first-order valence-corrected chi connectivity index (χ1v) is 8.28. The van der Waals surface area contributed by atoms with E-state index in [9.17, 15) is 9.59 Å². The van der Waals surface area contributed by atoms with Gasteiger partial charge in [-0.3, -0.25) is 4.79 Å². The minimum atomic E-state index is -0.486. The molecule has 0 aromatic heterocycles. The molecule has 2 amide bonds. The van der Waals surface area contributed by atoms with Crippen LogP contribution < -0.4 is 10.2 Å². The van der Waals surface area contributed by atoms with E-state index in [2.05, 4.69) is 10.2 Å². The summed E-state index contributed by atoms with van der Waals surface area (Å²) in [5.41, 5.74) is 1.21. The third-order valence-corrected chi connectivity index (χ3v) is 3.69. The van der Waals surface area contributed by atoms with Crippen molar-refractivity contribution in [3.63, 3.8) is 0 Å². The number of hydrogen-bond donors (Lipinski definition) is 1. The highest BCUT2D eigenvalue weighted by atomic mass is 16.6. The predicted molar refractivity (Wildman–Crippen MR) is 95.3 cm³/mol. The molecule has 25 heavy (non-hydrogen) atoms. The lowest BCUT2D eigenvalue weighted by atomic mass is 10.2. The van der Waals surface area contributed by atoms with Crippen LogP contribution in [0.5, 0.6) is 0 Å². The summed E-state index contributed by atoms with van der Waals surface area (Å²) in [5.74, 6) is -0.318. The smallest absolute Gasteiger partial charge is 0.410 e. The van der Waals surface area contributed by atoms with E-state index in [0.29, 0.717) is 18.8 Å². The first kappa shape index (κ1) is 18.6. The lowest BCUT2D eigenvalue weighted by Crippen LogP contribution is -2.50. The van der Waals surface area contributed by atoms with Crippen molar-refractivity contribution in [2.24, 2.45) is 0 Å². The number of nitriles is 1. The fourth-order valence-corrected chi connectivity index (χ4v) is 2.51. The van der Waals surface area contributed by atoms with Crippen LogP contribution in [0.2, 0.25) is 0 Å². The van der Waals surface area contributed by atoms with Crippen molar-refractivity contribution in [2.75, 3.05) is 36.4 Å².